The Hall–Kier alpha value is -3.80. The number of carbonyl (C=O) groups is 2. The number of fused-ring (bicyclic) bond motifs is 1. The summed E-state index contributed by atoms with van der Waals surface area (Å²) in [4.78, 5) is 25.1. The van der Waals surface area contributed by atoms with Crippen molar-refractivity contribution in [2.75, 3.05) is 18.9 Å². The van der Waals surface area contributed by atoms with E-state index in [0.29, 0.717) is 11.5 Å². The van der Waals surface area contributed by atoms with Crippen LogP contribution in [-0.4, -0.2) is 47.6 Å². The molecule has 204 valence electrons. The molecule has 6 nitrogen and oxygen atoms in total. The first-order valence-electron chi connectivity index (χ1n) is 14.1. The molecule has 1 aliphatic carbocycles. The maximum absolute atomic E-state index is 12.7. The van der Waals surface area contributed by atoms with Gasteiger partial charge >= 0.3 is 5.97 Å². The van der Waals surface area contributed by atoms with Gasteiger partial charge in [0.1, 0.15) is 11.9 Å². The van der Waals surface area contributed by atoms with Crippen molar-refractivity contribution in [2.24, 2.45) is 5.92 Å². The number of hydrogen-bond donors (Lipinski definition) is 2. The second kappa shape index (κ2) is 11.9. The van der Waals surface area contributed by atoms with Gasteiger partial charge in [-0.2, -0.15) is 0 Å². The quantitative estimate of drug-likeness (QED) is 0.320. The van der Waals surface area contributed by atoms with Crippen molar-refractivity contribution in [3.63, 3.8) is 0 Å². The molecule has 1 heterocycles. The van der Waals surface area contributed by atoms with Crippen LogP contribution >= 0.6 is 0 Å². The summed E-state index contributed by atoms with van der Waals surface area (Å²) in [7, 11) is 1.64. The van der Waals surface area contributed by atoms with Crippen molar-refractivity contribution in [1.29, 1.82) is 0 Å². The first-order chi connectivity index (χ1) is 18.9. The third kappa shape index (κ3) is 6.11. The Labute approximate surface area is 231 Å². The lowest BCUT2D eigenvalue weighted by atomic mass is 9.78. The van der Waals surface area contributed by atoms with E-state index in [1.165, 1.54) is 53.7 Å². The smallest absolute Gasteiger partial charge is 0.305 e. The van der Waals surface area contributed by atoms with E-state index in [0.717, 1.165) is 11.4 Å². The lowest BCUT2D eigenvalue weighted by Crippen LogP contribution is -2.44. The summed E-state index contributed by atoms with van der Waals surface area (Å²) < 4.78 is 6.67. The van der Waals surface area contributed by atoms with E-state index >= 15 is 0 Å². The Morgan fingerprint density at radius 3 is 2.38 bits per heavy atom. The zero-order valence-corrected chi connectivity index (χ0v) is 22.8. The fourth-order valence-electron chi connectivity index (χ4n) is 6.08. The molecule has 3 aromatic carbocycles. The molecule has 6 heteroatoms. The largest absolute Gasteiger partial charge is 0.487 e. The molecule has 5 rings (SSSR count). The van der Waals surface area contributed by atoms with Crippen molar-refractivity contribution >= 4 is 17.6 Å². The molecule has 2 aliphatic rings. The van der Waals surface area contributed by atoms with Gasteiger partial charge in [0.05, 0.1) is 12.5 Å². The first kappa shape index (κ1) is 26.8. The standard InChI is InChI=1S/C33H38N2O4/c1-22-28-21-26(23-9-5-3-6-10-23)15-18-29(28)39-32(22)31(24-11-7-4-8-12-24)34-27-16-13-25(14-17-27)33(38)35(2)20-19-30(36)37/h3,5-6,9-10,13-18,21-22,24,31-32,34H,4,7-8,11-12,19-20H2,1-2H3,(H,36,37). The summed E-state index contributed by atoms with van der Waals surface area (Å²) in [6.07, 6.45) is 6.08. The molecule has 1 saturated carbocycles. The number of nitrogens with zero attached hydrogens (tertiary/aromatic N) is 1. The molecule has 0 aromatic heterocycles. The van der Waals surface area contributed by atoms with Crippen LogP contribution in [0.5, 0.6) is 5.75 Å². The number of ether oxygens (including phenoxy) is 1. The van der Waals surface area contributed by atoms with Gasteiger partial charge < -0.3 is 20.1 Å². The fourth-order valence-corrected chi connectivity index (χ4v) is 6.08. The highest BCUT2D eigenvalue weighted by Crippen LogP contribution is 2.44. The number of carboxylic acid groups (broad SMARTS) is 1. The molecule has 0 bridgehead atoms. The summed E-state index contributed by atoms with van der Waals surface area (Å²) >= 11 is 0. The van der Waals surface area contributed by atoms with Crippen LogP contribution in [0.3, 0.4) is 0 Å². The topological polar surface area (TPSA) is 78.9 Å². The first-order valence-corrected chi connectivity index (χ1v) is 14.1. The lowest BCUT2D eigenvalue weighted by molar-refractivity contribution is -0.137. The van der Waals surface area contributed by atoms with Crippen LogP contribution in [-0.2, 0) is 4.79 Å². The number of anilines is 1. The van der Waals surface area contributed by atoms with Gasteiger partial charge in [0, 0.05) is 36.3 Å². The van der Waals surface area contributed by atoms with E-state index in [2.05, 4.69) is 54.7 Å². The van der Waals surface area contributed by atoms with E-state index in [1.54, 1.807) is 7.05 Å². The molecule has 1 aliphatic heterocycles. The normalized spacial score (nSPS) is 19.5. The van der Waals surface area contributed by atoms with E-state index in [9.17, 15) is 9.59 Å². The predicted octanol–water partition coefficient (Wildman–Crippen LogP) is 6.83. The Balaban J connectivity index is 1.34. The minimum absolute atomic E-state index is 0.0117. The minimum atomic E-state index is -0.912. The number of carboxylic acids is 1. The Bertz CT molecular complexity index is 1280. The molecule has 3 unspecified atom stereocenters. The Morgan fingerprint density at radius 2 is 1.69 bits per heavy atom. The maximum Gasteiger partial charge on any atom is 0.305 e. The van der Waals surface area contributed by atoms with Gasteiger partial charge in [-0.3, -0.25) is 9.59 Å². The van der Waals surface area contributed by atoms with E-state index in [1.807, 2.05) is 30.3 Å². The van der Waals surface area contributed by atoms with Gasteiger partial charge in [-0.05, 0) is 66.3 Å². The monoisotopic (exact) mass is 526 g/mol. The highest BCUT2D eigenvalue weighted by Gasteiger charge is 2.41. The number of rotatable bonds is 9. The third-order valence-corrected chi connectivity index (χ3v) is 8.35. The average Bonchev–Trinajstić information content (AvgIpc) is 3.30. The van der Waals surface area contributed by atoms with Gasteiger partial charge in [0.2, 0.25) is 0 Å². The summed E-state index contributed by atoms with van der Waals surface area (Å²) in [5.74, 6) is 0.637. The lowest BCUT2D eigenvalue weighted by Gasteiger charge is -2.36. The molecule has 1 fully saturated rings. The average molecular weight is 527 g/mol. The molecule has 3 aromatic rings. The zero-order valence-electron chi connectivity index (χ0n) is 22.8. The molecule has 3 atom stereocenters. The summed E-state index contributed by atoms with van der Waals surface area (Å²) in [6, 6.07) is 24.7. The summed E-state index contributed by atoms with van der Waals surface area (Å²) in [5.41, 5.74) is 5.19. The van der Waals surface area contributed by atoms with E-state index in [-0.39, 0.29) is 36.9 Å². The second-order valence-corrected chi connectivity index (χ2v) is 11.0. The molecular weight excluding hydrogens is 488 g/mol. The maximum atomic E-state index is 12.7. The van der Waals surface area contributed by atoms with Gasteiger partial charge in [0.25, 0.3) is 5.91 Å². The van der Waals surface area contributed by atoms with Gasteiger partial charge in [-0.15, -0.1) is 0 Å². The van der Waals surface area contributed by atoms with Crippen molar-refractivity contribution in [3.8, 4) is 16.9 Å². The van der Waals surface area contributed by atoms with Crippen LogP contribution < -0.4 is 10.1 Å². The molecule has 1 amide bonds. The molecule has 0 spiro atoms. The number of amides is 1. The van der Waals surface area contributed by atoms with Crippen molar-refractivity contribution in [3.05, 3.63) is 83.9 Å². The summed E-state index contributed by atoms with van der Waals surface area (Å²) in [5, 5.41) is 12.7. The zero-order chi connectivity index (χ0) is 27.4. The molecule has 39 heavy (non-hydrogen) atoms. The molecule has 0 saturated heterocycles. The Kier molecular flexibility index (Phi) is 8.20. The van der Waals surface area contributed by atoms with Gasteiger partial charge in [-0.25, -0.2) is 0 Å². The van der Waals surface area contributed by atoms with E-state index in [4.69, 9.17) is 9.84 Å². The molecule has 0 radical (unpaired) electrons. The van der Waals surface area contributed by atoms with Gasteiger partial charge in [0.15, 0.2) is 0 Å². The van der Waals surface area contributed by atoms with Crippen LogP contribution in [0.15, 0.2) is 72.8 Å². The van der Waals surface area contributed by atoms with Crippen molar-refractivity contribution in [2.45, 2.75) is 63.5 Å². The number of aliphatic carboxylic acids is 1. The van der Waals surface area contributed by atoms with Crippen LogP contribution in [0.25, 0.3) is 11.1 Å². The van der Waals surface area contributed by atoms with Crippen molar-refractivity contribution < 1.29 is 19.4 Å². The number of benzene rings is 3. The minimum Gasteiger partial charge on any atom is -0.487 e. The van der Waals surface area contributed by atoms with Gasteiger partial charge in [-0.1, -0.05) is 62.6 Å². The molecular formula is C33H38N2O4. The second-order valence-electron chi connectivity index (χ2n) is 11.0. The highest BCUT2D eigenvalue weighted by molar-refractivity contribution is 5.94. The molecule has 2 N–H and O–H groups in total. The van der Waals surface area contributed by atoms with Crippen molar-refractivity contribution in [1.82, 2.24) is 4.90 Å². The SMILES string of the molecule is CC1c2cc(-c3ccccc3)ccc2OC1C(Nc1ccc(C(=O)N(C)CCC(=O)O)cc1)C1CCCCC1. The number of hydrogen-bond acceptors (Lipinski definition) is 4. The predicted molar refractivity (Wildman–Crippen MR) is 154 cm³/mol. The van der Waals surface area contributed by atoms with Crippen LogP contribution in [0.4, 0.5) is 5.69 Å². The Morgan fingerprint density at radius 1 is 0.974 bits per heavy atom. The number of carbonyl (C=O) groups excluding carboxylic acids is 1. The number of nitrogens with one attached hydrogen (secondary N) is 1. The van der Waals surface area contributed by atoms with Crippen LogP contribution in [0.1, 0.15) is 67.3 Å². The van der Waals surface area contributed by atoms with E-state index < -0.39 is 5.97 Å². The fraction of sp³-hybridized carbons (Fsp3) is 0.394. The van der Waals surface area contributed by atoms with Crippen LogP contribution in [0, 0.1) is 5.92 Å². The summed E-state index contributed by atoms with van der Waals surface area (Å²) in [6.45, 7) is 2.46. The third-order valence-electron chi connectivity index (χ3n) is 8.35. The highest BCUT2D eigenvalue weighted by atomic mass is 16.5. The van der Waals surface area contributed by atoms with Crippen LogP contribution in [0.2, 0.25) is 0 Å².